The molecule has 0 bridgehead atoms. The molecule has 1 saturated heterocycles. The van der Waals surface area contributed by atoms with Crippen LogP contribution in [0.2, 0.25) is 0 Å². The summed E-state index contributed by atoms with van der Waals surface area (Å²) in [4.78, 5) is 16.4. The van der Waals surface area contributed by atoms with Crippen molar-refractivity contribution in [1.29, 1.82) is 5.26 Å². The molecule has 1 heterocycles. The van der Waals surface area contributed by atoms with Gasteiger partial charge in [-0.1, -0.05) is 0 Å². The molecule has 1 aliphatic carbocycles. The van der Waals surface area contributed by atoms with Crippen molar-refractivity contribution in [2.45, 2.75) is 44.0 Å². The van der Waals surface area contributed by atoms with E-state index in [9.17, 15) is 23.2 Å². The summed E-state index contributed by atoms with van der Waals surface area (Å²) in [5.74, 6) is -0.0992. The van der Waals surface area contributed by atoms with E-state index in [4.69, 9.17) is 15.2 Å². The molecule has 0 spiro atoms. The molecule has 2 aliphatic rings. The van der Waals surface area contributed by atoms with Crippen molar-refractivity contribution in [2.75, 3.05) is 48.2 Å². The topological polar surface area (TPSA) is 112 Å². The Morgan fingerprint density at radius 3 is 2.29 bits per heavy atom. The van der Waals surface area contributed by atoms with Gasteiger partial charge in [-0.25, -0.2) is 0 Å². The molecule has 12 heteroatoms. The summed E-state index contributed by atoms with van der Waals surface area (Å²) in [6.07, 6.45) is -1.30. The summed E-state index contributed by atoms with van der Waals surface area (Å²) in [6.45, 7) is 2.01. The number of nitrogens with zero attached hydrogens (tertiary/aromatic N) is 4. The fraction of sp³-hybridized carbons (Fsp3) is 0.462. The summed E-state index contributed by atoms with van der Waals surface area (Å²) >= 11 is 0. The van der Waals surface area contributed by atoms with E-state index in [1.165, 1.54) is 24.3 Å². The standard InChI is InChI=1S/C26H30F3N5O4/c27-26(28,29)19-1-5-21(6-2-19)32-11-13-33(14-12-32)25(35)17-38-23-8-3-20(4-9-23)31-24-10-7-22(34(36)37)15-18(24)16-30/h1-2,5-7,10,15,20,23,31,36-37H,3-4,8-9,11-14,17H2. The number of ether oxygens (including phenoxy) is 1. The van der Waals surface area contributed by atoms with E-state index in [2.05, 4.69) is 11.4 Å². The third kappa shape index (κ3) is 6.86. The fourth-order valence-corrected chi connectivity index (χ4v) is 4.82. The van der Waals surface area contributed by atoms with Gasteiger partial charge in [-0.3, -0.25) is 15.2 Å². The first-order valence-corrected chi connectivity index (χ1v) is 12.4. The highest BCUT2D eigenvalue weighted by Gasteiger charge is 2.30. The zero-order valence-electron chi connectivity index (χ0n) is 20.7. The SMILES string of the molecule is N#Cc1cc(N(O)O)ccc1NC1CCC(OCC(=O)N2CCN(c3ccc(C(F)(F)F)cc3)CC2)CC1. The average Bonchev–Trinajstić information content (AvgIpc) is 2.92. The van der Waals surface area contributed by atoms with Gasteiger partial charge in [0.15, 0.2) is 0 Å². The van der Waals surface area contributed by atoms with Crippen molar-refractivity contribution in [3.63, 3.8) is 0 Å². The van der Waals surface area contributed by atoms with Gasteiger partial charge >= 0.3 is 6.18 Å². The lowest BCUT2D eigenvalue weighted by molar-refractivity contribution is -0.139. The molecule has 0 aromatic heterocycles. The van der Waals surface area contributed by atoms with Crippen LogP contribution >= 0.6 is 0 Å². The number of nitriles is 1. The Bertz CT molecular complexity index is 1140. The number of carbonyl (C=O) groups excluding carboxylic acids is 1. The van der Waals surface area contributed by atoms with E-state index < -0.39 is 11.7 Å². The van der Waals surface area contributed by atoms with E-state index in [1.54, 1.807) is 11.0 Å². The van der Waals surface area contributed by atoms with Crippen LogP contribution < -0.4 is 15.4 Å². The van der Waals surface area contributed by atoms with Crippen LogP contribution in [0.3, 0.4) is 0 Å². The van der Waals surface area contributed by atoms with E-state index in [0.717, 1.165) is 37.8 Å². The number of alkyl halides is 3. The molecule has 2 aromatic carbocycles. The van der Waals surface area contributed by atoms with Crippen molar-refractivity contribution in [3.8, 4) is 6.07 Å². The molecule has 2 fully saturated rings. The van der Waals surface area contributed by atoms with Crippen molar-refractivity contribution in [3.05, 3.63) is 53.6 Å². The summed E-state index contributed by atoms with van der Waals surface area (Å²) in [5.41, 5.74) is 1.04. The number of halogens is 3. The monoisotopic (exact) mass is 533 g/mol. The number of nitrogens with one attached hydrogen (secondary N) is 1. The minimum atomic E-state index is -4.36. The van der Waals surface area contributed by atoms with E-state index in [0.29, 0.717) is 43.1 Å². The second-order valence-electron chi connectivity index (χ2n) is 9.47. The lowest BCUT2D eigenvalue weighted by Crippen LogP contribution is -2.50. The molecule has 38 heavy (non-hydrogen) atoms. The highest BCUT2D eigenvalue weighted by Crippen LogP contribution is 2.31. The Kier molecular flexibility index (Phi) is 8.61. The fourth-order valence-electron chi connectivity index (χ4n) is 4.82. The Balaban J connectivity index is 1.18. The maximum atomic E-state index is 12.8. The van der Waals surface area contributed by atoms with Gasteiger partial charge < -0.3 is 19.9 Å². The second-order valence-corrected chi connectivity index (χ2v) is 9.47. The zero-order valence-corrected chi connectivity index (χ0v) is 20.7. The summed E-state index contributed by atoms with van der Waals surface area (Å²) in [7, 11) is 0. The Labute approximate surface area is 218 Å². The molecular weight excluding hydrogens is 503 g/mol. The van der Waals surface area contributed by atoms with Crippen molar-refractivity contribution < 1.29 is 33.1 Å². The van der Waals surface area contributed by atoms with Crippen LogP contribution in [0.1, 0.15) is 36.8 Å². The molecule has 1 saturated carbocycles. The third-order valence-corrected chi connectivity index (χ3v) is 7.02. The van der Waals surface area contributed by atoms with Gasteiger partial charge in [0.05, 0.1) is 28.6 Å². The van der Waals surface area contributed by atoms with E-state index >= 15 is 0 Å². The Morgan fingerprint density at radius 1 is 1.05 bits per heavy atom. The maximum Gasteiger partial charge on any atom is 0.416 e. The number of piperazine rings is 1. The highest BCUT2D eigenvalue weighted by molar-refractivity contribution is 5.77. The smallest absolute Gasteiger partial charge is 0.381 e. The maximum absolute atomic E-state index is 12.8. The van der Waals surface area contributed by atoms with E-state index in [-0.39, 0.29) is 35.6 Å². The Morgan fingerprint density at radius 2 is 1.71 bits per heavy atom. The van der Waals surface area contributed by atoms with Crippen LogP contribution in [-0.2, 0) is 15.7 Å². The normalized spacial score (nSPS) is 20.1. The first-order chi connectivity index (χ1) is 18.1. The van der Waals surface area contributed by atoms with Gasteiger partial charge in [-0.15, -0.1) is 5.23 Å². The van der Waals surface area contributed by atoms with Crippen molar-refractivity contribution in [1.82, 2.24) is 4.90 Å². The van der Waals surface area contributed by atoms with Crippen molar-refractivity contribution >= 4 is 23.0 Å². The molecule has 9 nitrogen and oxygen atoms in total. The molecule has 0 atom stereocenters. The first kappa shape index (κ1) is 27.5. The number of anilines is 3. The van der Waals surface area contributed by atoms with Crippen LogP contribution in [0.15, 0.2) is 42.5 Å². The molecule has 0 radical (unpaired) electrons. The number of hydrogen-bond acceptors (Lipinski definition) is 8. The number of rotatable bonds is 7. The summed E-state index contributed by atoms with van der Waals surface area (Å²) in [5, 5.41) is 30.9. The quantitative estimate of drug-likeness (QED) is 0.453. The molecule has 1 aliphatic heterocycles. The van der Waals surface area contributed by atoms with Crippen LogP contribution in [0, 0.1) is 11.3 Å². The van der Waals surface area contributed by atoms with Crippen LogP contribution in [0.25, 0.3) is 0 Å². The summed E-state index contributed by atoms with van der Waals surface area (Å²) < 4.78 is 44.2. The number of amides is 1. The van der Waals surface area contributed by atoms with Gasteiger partial charge in [0.2, 0.25) is 5.91 Å². The first-order valence-electron chi connectivity index (χ1n) is 12.4. The van der Waals surface area contributed by atoms with Gasteiger partial charge in [0, 0.05) is 37.9 Å². The second kappa shape index (κ2) is 11.9. The molecule has 3 N–H and O–H groups in total. The van der Waals surface area contributed by atoms with Crippen LogP contribution in [-0.4, -0.2) is 66.2 Å². The minimum Gasteiger partial charge on any atom is -0.381 e. The van der Waals surface area contributed by atoms with Gasteiger partial charge in [-0.2, -0.15) is 18.4 Å². The molecule has 4 rings (SSSR count). The van der Waals surface area contributed by atoms with Gasteiger partial charge in [-0.05, 0) is 68.1 Å². The number of carbonyl (C=O) groups is 1. The highest BCUT2D eigenvalue weighted by atomic mass is 19.4. The Hall–Kier alpha value is -3.53. The van der Waals surface area contributed by atoms with Crippen LogP contribution in [0.4, 0.5) is 30.2 Å². The third-order valence-electron chi connectivity index (χ3n) is 7.02. The lowest BCUT2D eigenvalue weighted by atomic mass is 9.92. The van der Waals surface area contributed by atoms with Crippen LogP contribution in [0.5, 0.6) is 0 Å². The number of benzene rings is 2. The lowest BCUT2D eigenvalue weighted by Gasteiger charge is -2.36. The minimum absolute atomic E-state index is 0.0120. The molecule has 2 aromatic rings. The molecule has 1 amide bonds. The van der Waals surface area contributed by atoms with Crippen molar-refractivity contribution in [2.24, 2.45) is 0 Å². The zero-order chi connectivity index (χ0) is 27.3. The van der Waals surface area contributed by atoms with E-state index in [1.807, 2.05) is 4.90 Å². The predicted octanol–water partition coefficient (Wildman–Crippen LogP) is 4.25. The largest absolute Gasteiger partial charge is 0.416 e. The predicted molar refractivity (Wildman–Crippen MR) is 133 cm³/mol. The molecule has 204 valence electrons. The molecule has 0 unspecified atom stereocenters. The molecular formula is C26H30F3N5O4. The average molecular weight is 534 g/mol. The van der Waals surface area contributed by atoms with Gasteiger partial charge in [0.25, 0.3) is 0 Å². The summed E-state index contributed by atoms with van der Waals surface area (Å²) in [6, 6.07) is 11.7. The number of hydrogen-bond donors (Lipinski definition) is 3. The van der Waals surface area contributed by atoms with Gasteiger partial charge in [0.1, 0.15) is 12.7 Å².